The maximum Gasteiger partial charge on any atom is 0.222 e. The largest absolute Gasteiger partial charge is 0.497 e. The second kappa shape index (κ2) is 9.82. The Balaban J connectivity index is 1.87. The molecule has 0 aliphatic heterocycles. The number of carbonyl (C=O) groups excluding carboxylic acids is 2. The third-order valence-corrected chi connectivity index (χ3v) is 4.19. The van der Waals surface area contributed by atoms with Crippen molar-refractivity contribution in [3.63, 3.8) is 0 Å². The van der Waals surface area contributed by atoms with Gasteiger partial charge in [0.25, 0.3) is 0 Å². The number of amides is 2. The molecule has 0 aromatic heterocycles. The summed E-state index contributed by atoms with van der Waals surface area (Å²) in [7, 11) is 1.63. The van der Waals surface area contributed by atoms with Gasteiger partial charge in [-0.2, -0.15) is 0 Å². The highest BCUT2D eigenvalue weighted by atomic mass is 35.5. The van der Waals surface area contributed by atoms with Crippen LogP contribution in [0.3, 0.4) is 0 Å². The van der Waals surface area contributed by atoms with Gasteiger partial charge in [0.2, 0.25) is 11.8 Å². The monoisotopic (exact) mass is 374 g/mol. The Hall–Kier alpha value is -2.53. The minimum Gasteiger partial charge on any atom is -0.497 e. The normalized spacial score (nSPS) is 11.5. The fraction of sp³-hybridized carbons (Fsp3) is 0.300. The fourth-order valence-corrected chi connectivity index (χ4v) is 2.71. The van der Waals surface area contributed by atoms with Crippen molar-refractivity contribution in [1.82, 2.24) is 10.6 Å². The number of benzene rings is 2. The first-order chi connectivity index (χ1) is 12.5. The van der Waals surface area contributed by atoms with Gasteiger partial charge in [-0.1, -0.05) is 35.9 Å². The summed E-state index contributed by atoms with van der Waals surface area (Å²) in [5, 5.41) is 6.32. The molecule has 0 spiro atoms. The van der Waals surface area contributed by atoms with Gasteiger partial charge < -0.3 is 15.4 Å². The standard InChI is InChI=1S/C20H23ClN2O3/c1-14(24)23-19(16-5-7-17(21)8-6-16)13-20(25)22-12-11-15-3-9-18(26-2)10-4-15/h3-10,19H,11-13H2,1-2H3,(H,22,25)(H,23,24). The molecule has 2 N–H and O–H groups in total. The molecule has 0 aliphatic rings. The first kappa shape index (κ1) is 19.8. The van der Waals surface area contributed by atoms with E-state index in [-0.39, 0.29) is 24.3 Å². The van der Waals surface area contributed by atoms with E-state index >= 15 is 0 Å². The van der Waals surface area contributed by atoms with E-state index < -0.39 is 0 Å². The minimum atomic E-state index is -0.384. The van der Waals surface area contributed by atoms with E-state index in [1.165, 1.54) is 6.92 Å². The van der Waals surface area contributed by atoms with Gasteiger partial charge in [0.1, 0.15) is 5.75 Å². The van der Waals surface area contributed by atoms with Gasteiger partial charge in [0.05, 0.1) is 19.6 Å². The lowest BCUT2D eigenvalue weighted by Crippen LogP contribution is -2.33. The SMILES string of the molecule is COc1ccc(CCNC(=O)CC(NC(C)=O)c2ccc(Cl)cc2)cc1. The van der Waals surface area contributed by atoms with Crippen LogP contribution in [0.5, 0.6) is 5.75 Å². The van der Waals surface area contributed by atoms with E-state index in [2.05, 4.69) is 10.6 Å². The second-order valence-electron chi connectivity index (χ2n) is 5.96. The van der Waals surface area contributed by atoms with Gasteiger partial charge in [-0.3, -0.25) is 9.59 Å². The first-order valence-corrected chi connectivity index (χ1v) is 8.78. The second-order valence-corrected chi connectivity index (χ2v) is 6.39. The maximum atomic E-state index is 12.3. The summed E-state index contributed by atoms with van der Waals surface area (Å²) in [6, 6.07) is 14.5. The van der Waals surface area contributed by atoms with Gasteiger partial charge in [-0.25, -0.2) is 0 Å². The average Bonchev–Trinajstić information content (AvgIpc) is 2.62. The van der Waals surface area contributed by atoms with Gasteiger partial charge in [-0.05, 0) is 41.8 Å². The Bertz CT molecular complexity index is 730. The van der Waals surface area contributed by atoms with E-state index in [4.69, 9.17) is 16.3 Å². The summed E-state index contributed by atoms with van der Waals surface area (Å²) >= 11 is 5.90. The third kappa shape index (κ3) is 6.41. The minimum absolute atomic E-state index is 0.118. The topological polar surface area (TPSA) is 67.4 Å². The first-order valence-electron chi connectivity index (χ1n) is 8.40. The van der Waals surface area contributed by atoms with Crippen molar-refractivity contribution < 1.29 is 14.3 Å². The van der Waals surface area contributed by atoms with Crippen LogP contribution in [0.1, 0.15) is 30.5 Å². The molecule has 0 saturated carbocycles. The summed E-state index contributed by atoms with van der Waals surface area (Å²) in [6.07, 6.45) is 0.894. The number of rotatable bonds is 8. The smallest absolute Gasteiger partial charge is 0.222 e. The van der Waals surface area contributed by atoms with Crippen molar-refractivity contribution in [3.8, 4) is 5.75 Å². The van der Waals surface area contributed by atoms with Crippen LogP contribution >= 0.6 is 11.6 Å². The van der Waals surface area contributed by atoms with Gasteiger partial charge >= 0.3 is 0 Å². The quantitative estimate of drug-likeness (QED) is 0.745. The predicted molar refractivity (Wildman–Crippen MR) is 102 cm³/mol. The van der Waals surface area contributed by atoms with Crippen LogP contribution in [0.2, 0.25) is 5.02 Å². The van der Waals surface area contributed by atoms with Gasteiger partial charge in [0, 0.05) is 18.5 Å². The van der Waals surface area contributed by atoms with E-state index in [0.29, 0.717) is 11.6 Å². The molecule has 6 heteroatoms. The Morgan fingerprint density at radius 1 is 1.08 bits per heavy atom. The maximum absolute atomic E-state index is 12.3. The van der Waals surface area contributed by atoms with Crippen LogP contribution in [0, 0.1) is 0 Å². The zero-order chi connectivity index (χ0) is 18.9. The lowest BCUT2D eigenvalue weighted by Gasteiger charge is -2.18. The number of ether oxygens (including phenoxy) is 1. The molecule has 5 nitrogen and oxygen atoms in total. The molecule has 0 saturated heterocycles. The van der Waals surface area contributed by atoms with Gasteiger partial charge in [0.15, 0.2) is 0 Å². The lowest BCUT2D eigenvalue weighted by molar-refractivity contribution is -0.122. The van der Waals surface area contributed by atoms with E-state index in [1.807, 2.05) is 36.4 Å². The Kier molecular flexibility index (Phi) is 7.48. The van der Waals surface area contributed by atoms with E-state index in [0.717, 1.165) is 23.3 Å². The van der Waals surface area contributed by atoms with Crippen molar-refractivity contribution in [2.24, 2.45) is 0 Å². The molecule has 138 valence electrons. The molecular formula is C20H23ClN2O3. The van der Waals surface area contributed by atoms with Crippen molar-refractivity contribution in [2.75, 3.05) is 13.7 Å². The van der Waals surface area contributed by atoms with Crippen LogP contribution in [-0.2, 0) is 16.0 Å². The summed E-state index contributed by atoms with van der Waals surface area (Å²) in [6.45, 7) is 1.96. The molecule has 1 atom stereocenters. The van der Waals surface area contributed by atoms with Crippen LogP contribution < -0.4 is 15.4 Å². The fourth-order valence-electron chi connectivity index (χ4n) is 2.59. The zero-order valence-electron chi connectivity index (χ0n) is 14.9. The predicted octanol–water partition coefficient (Wildman–Crippen LogP) is 3.27. The van der Waals surface area contributed by atoms with Crippen LogP contribution in [-0.4, -0.2) is 25.5 Å². The molecule has 1 unspecified atom stereocenters. The third-order valence-electron chi connectivity index (χ3n) is 3.93. The average molecular weight is 375 g/mol. The molecule has 0 fully saturated rings. The molecule has 0 bridgehead atoms. The van der Waals surface area contributed by atoms with Crippen LogP contribution in [0.15, 0.2) is 48.5 Å². The number of carbonyl (C=O) groups is 2. The van der Waals surface area contributed by atoms with Crippen molar-refractivity contribution >= 4 is 23.4 Å². The molecule has 0 aliphatic carbocycles. The highest BCUT2D eigenvalue weighted by Crippen LogP contribution is 2.19. The molecule has 2 aromatic carbocycles. The molecular weight excluding hydrogens is 352 g/mol. The Morgan fingerprint density at radius 3 is 2.31 bits per heavy atom. The molecule has 26 heavy (non-hydrogen) atoms. The number of hydrogen-bond acceptors (Lipinski definition) is 3. The van der Waals surface area contributed by atoms with E-state index in [1.54, 1.807) is 19.2 Å². The summed E-state index contributed by atoms with van der Waals surface area (Å²) in [4.78, 5) is 23.7. The zero-order valence-corrected chi connectivity index (χ0v) is 15.7. The Morgan fingerprint density at radius 2 is 1.73 bits per heavy atom. The van der Waals surface area contributed by atoms with Gasteiger partial charge in [-0.15, -0.1) is 0 Å². The van der Waals surface area contributed by atoms with Crippen molar-refractivity contribution in [1.29, 1.82) is 0 Å². The number of nitrogens with one attached hydrogen (secondary N) is 2. The highest BCUT2D eigenvalue weighted by molar-refractivity contribution is 6.30. The Labute approximate surface area is 158 Å². The van der Waals surface area contributed by atoms with Crippen molar-refractivity contribution in [3.05, 3.63) is 64.7 Å². The number of hydrogen-bond donors (Lipinski definition) is 2. The summed E-state index contributed by atoms with van der Waals surface area (Å²) in [5.74, 6) is 0.502. The lowest BCUT2D eigenvalue weighted by atomic mass is 10.0. The molecule has 2 rings (SSSR count). The summed E-state index contributed by atoms with van der Waals surface area (Å²) < 4.78 is 5.12. The number of methoxy groups -OCH3 is 1. The molecule has 2 amide bonds. The molecule has 0 heterocycles. The molecule has 0 radical (unpaired) electrons. The van der Waals surface area contributed by atoms with E-state index in [9.17, 15) is 9.59 Å². The molecule has 2 aromatic rings. The summed E-state index contributed by atoms with van der Waals surface area (Å²) in [5.41, 5.74) is 1.96. The van der Waals surface area contributed by atoms with Crippen LogP contribution in [0.4, 0.5) is 0 Å². The van der Waals surface area contributed by atoms with Crippen LogP contribution in [0.25, 0.3) is 0 Å². The number of halogens is 1. The highest BCUT2D eigenvalue weighted by Gasteiger charge is 2.17. The van der Waals surface area contributed by atoms with Crippen molar-refractivity contribution in [2.45, 2.75) is 25.8 Å².